The summed E-state index contributed by atoms with van der Waals surface area (Å²) >= 11 is 0. The molecule has 31 heavy (non-hydrogen) atoms. The Morgan fingerprint density at radius 2 is 1.77 bits per heavy atom. The normalized spacial score (nSPS) is 11.7. The van der Waals surface area contributed by atoms with E-state index in [0.29, 0.717) is 19.7 Å². The number of aliphatic imine (C=N–C) groups is 1. The van der Waals surface area contributed by atoms with E-state index in [1.54, 1.807) is 0 Å². The lowest BCUT2D eigenvalue weighted by Crippen LogP contribution is -2.37. The molecule has 0 aliphatic rings. The van der Waals surface area contributed by atoms with Gasteiger partial charge in [0, 0.05) is 31.6 Å². The number of hydrogen-bond acceptors (Lipinski definition) is 5. The van der Waals surface area contributed by atoms with Gasteiger partial charge < -0.3 is 24.8 Å². The summed E-state index contributed by atoms with van der Waals surface area (Å²) < 4.78 is 11.3. The number of aromatic nitrogens is 1. The lowest BCUT2D eigenvalue weighted by Gasteiger charge is -2.18. The fourth-order valence-corrected chi connectivity index (χ4v) is 3.35. The third kappa shape index (κ3) is 7.90. The molecule has 172 valence electrons. The molecule has 0 saturated heterocycles. The number of ether oxygens (including phenoxy) is 1. The summed E-state index contributed by atoms with van der Waals surface area (Å²) in [6.45, 7) is 16.4. The Kier molecular flexibility index (Phi) is 10.9. The average molecular weight is 430 g/mol. The number of nitrogens with one attached hydrogen (secondary N) is 2. The van der Waals surface area contributed by atoms with Gasteiger partial charge >= 0.3 is 0 Å². The van der Waals surface area contributed by atoms with E-state index in [0.717, 1.165) is 73.3 Å². The summed E-state index contributed by atoms with van der Waals surface area (Å²) in [6.07, 6.45) is 1.69. The Hall–Kier alpha value is -2.54. The summed E-state index contributed by atoms with van der Waals surface area (Å²) in [5, 5.41) is 10.9. The van der Waals surface area contributed by atoms with Crippen LogP contribution in [0.25, 0.3) is 0 Å². The fraction of sp³-hybridized carbons (Fsp3) is 0.583. The van der Waals surface area contributed by atoms with Gasteiger partial charge in [-0.1, -0.05) is 45.0 Å². The monoisotopic (exact) mass is 429 g/mol. The van der Waals surface area contributed by atoms with Gasteiger partial charge in [0.05, 0.1) is 12.2 Å². The van der Waals surface area contributed by atoms with Crippen LogP contribution in [0.5, 0.6) is 5.75 Å². The van der Waals surface area contributed by atoms with Crippen LogP contribution in [0.15, 0.2) is 33.8 Å². The van der Waals surface area contributed by atoms with Gasteiger partial charge in [-0.05, 0) is 44.1 Å². The van der Waals surface area contributed by atoms with Crippen molar-refractivity contribution in [2.45, 2.75) is 60.5 Å². The Balaban J connectivity index is 1.91. The second kappa shape index (κ2) is 13.7. The van der Waals surface area contributed by atoms with Crippen molar-refractivity contribution in [3.63, 3.8) is 0 Å². The van der Waals surface area contributed by atoms with E-state index in [-0.39, 0.29) is 0 Å². The largest absolute Gasteiger partial charge is 0.492 e. The van der Waals surface area contributed by atoms with Crippen LogP contribution in [0.1, 0.15) is 57.2 Å². The van der Waals surface area contributed by atoms with Gasteiger partial charge in [0.25, 0.3) is 0 Å². The number of nitrogens with zero attached hydrogens (tertiary/aromatic N) is 3. The number of benzene rings is 1. The van der Waals surface area contributed by atoms with Gasteiger partial charge in [-0.15, -0.1) is 0 Å². The van der Waals surface area contributed by atoms with E-state index >= 15 is 0 Å². The van der Waals surface area contributed by atoms with E-state index in [9.17, 15) is 0 Å². The summed E-state index contributed by atoms with van der Waals surface area (Å²) in [6, 6.07) is 8.19. The maximum absolute atomic E-state index is 5.87. The third-order valence-corrected chi connectivity index (χ3v) is 5.30. The van der Waals surface area contributed by atoms with Gasteiger partial charge in [-0.2, -0.15) is 0 Å². The van der Waals surface area contributed by atoms with Crippen molar-refractivity contribution >= 4 is 5.96 Å². The molecular weight excluding hydrogens is 390 g/mol. The first-order valence-corrected chi connectivity index (χ1v) is 11.6. The van der Waals surface area contributed by atoms with Crippen LogP contribution >= 0.6 is 0 Å². The average Bonchev–Trinajstić information content (AvgIpc) is 3.21. The molecule has 0 aliphatic heterocycles. The third-order valence-electron chi connectivity index (χ3n) is 5.30. The number of rotatable bonds is 13. The molecule has 0 spiro atoms. The zero-order valence-electron chi connectivity index (χ0n) is 19.8. The topological polar surface area (TPSA) is 74.9 Å². The summed E-state index contributed by atoms with van der Waals surface area (Å²) in [5.74, 6) is 2.63. The minimum absolute atomic E-state index is 0.597. The van der Waals surface area contributed by atoms with Gasteiger partial charge in [0.1, 0.15) is 18.1 Å². The Morgan fingerprint density at radius 3 is 2.39 bits per heavy atom. The highest BCUT2D eigenvalue weighted by atomic mass is 16.5. The van der Waals surface area contributed by atoms with Crippen molar-refractivity contribution in [3.8, 4) is 5.75 Å². The van der Waals surface area contributed by atoms with Crippen molar-refractivity contribution in [2.75, 3.05) is 32.8 Å². The first kappa shape index (κ1) is 24.7. The molecule has 7 heteroatoms. The van der Waals surface area contributed by atoms with Gasteiger partial charge in [-0.25, -0.2) is 4.99 Å². The van der Waals surface area contributed by atoms with Crippen molar-refractivity contribution in [1.29, 1.82) is 0 Å². The van der Waals surface area contributed by atoms with Crippen molar-refractivity contribution in [3.05, 3.63) is 46.8 Å². The number of likely N-dealkylation sites (N-methyl/N-ethyl adjacent to an activating group) is 1. The lowest BCUT2D eigenvalue weighted by atomic mass is 10.1. The molecule has 0 amide bonds. The van der Waals surface area contributed by atoms with Gasteiger partial charge in [-0.3, -0.25) is 0 Å². The predicted octanol–water partition coefficient (Wildman–Crippen LogP) is 3.78. The van der Waals surface area contributed by atoms with E-state index in [1.807, 2.05) is 12.1 Å². The summed E-state index contributed by atoms with van der Waals surface area (Å²) in [7, 11) is 0. The van der Waals surface area contributed by atoms with Crippen LogP contribution in [0.4, 0.5) is 0 Å². The predicted molar refractivity (Wildman–Crippen MR) is 127 cm³/mol. The molecule has 2 aromatic rings. The first-order chi connectivity index (χ1) is 15.1. The minimum atomic E-state index is 0.597. The Morgan fingerprint density at radius 1 is 1.03 bits per heavy atom. The molecule has 1 aromatic heterocycles. The molecule has 2 rings (SSSR count). The van der Waals surface area contributed by atoms with Crippen LogP contribution in [-0.4, -0.2) is 48.8 Å². The Labute approximate surface area is 187 Å². The molecule has 2 N–H and O–H groups in total. The smallest absolute Gasteiger partial charge is 0.191 e. The minimum Gasteiger partial charge on any atom is -0.492 e. The molecule has 0 atom stereocenters. The standard InChI is InChI=1S/C24H39N5O2/c1-6-22-21(23(7-2)31-28-22)18-27-24(25-8-3)26-17-19-11-13-20(14-12-19)30-16-15-29(9-4)10-5/h11-14H,6-10,15-18H2,1-5H3,(H2,25,26,27). The molecule has 0 bridgehead atoms. The molecule has 1 aromatic carbocycles. The Bertz CT molecular complexity index is 760. The molecule has 0 radical (unpaired) electrons. The molecule has 0 aliphatic carbocycles. The molecule has 0 saturated carbocycles. The molecule has 7 nitrogen and oxygen atoms in total. The van der Waals surface area contributed by atoms with Crippen LogP contribution in [0.3, 0.4) is 0 Å². The highest BCUT2D eigenvalue weighted by molar-refractivity contribution is 5.79. The van der Waals surface area contributed by atoms with Gasteiger partial charge in [0.15, 0.2) is 5.96 Å². The molecule has 1 heterocycles. The zero-order valence-corrected chi connectivity index (χ0v) is 19.8. The highest BCUT2D eigenvalue weighted by Gasteiger charge is 2.13. The lowest BCUT2D eigenvalue weighted by molar-refractivity contribution is 0.223. The summed E-state index contributed by atoms with van der Waals surface area (Å²) in [4.78, 5) is 7.08. The molecule has 0 fully saturated rings. The number of guanidine groups is 1. The second-order valence-corrected chi connectivity index (χ2v) is 7.31. The molecule has 0 unspecified atom stereocenters. The van der Waals surface area contributed by atoms with E-state index in [4.69, 9.17) is 14.3 Å². The van der Waals surface area contributed by atoms with Crippen molar-refractivity contribution in [2.24, 2.45) is 4.99 Å². The maximum Gasteiger partial charge on any atom is 0.191 e. The van der Waals surface area contributed by atoms with Crippen LogP contribution < -0.4 is 15.4 Å². The van der Waals surface area contributed by atoms with Crippen LogP contribution in [0, 0.1) is 0 Å². The van der Waals surface area contributed by atoms with E-state index in [2.05, 4.69) is 67.4 Å². The molecular formula is C24H39N5O2. The van der Waals surface area contributed by atoms with E-state index < -0.39 is 0 Å². The number of hydrogen-bond donors (Lipinski definition) is 2. The number of aryl methyl sites for hydroxylation is 2. The zero-order chi connectivity index (χ0) is 22.5. The fourth-order valence-electron chi connectivity index (χ4n) is 3.35. The van der Waals surface area contributed by atoms with E-state index in [1.165, 1.54) is 0 Å². The second-order valence-electron chi connectivity index (χ2n) is 7.31. The van der Waals surface area contributed by atoms with Crippen LogP contribution in [0.2, 0.25) is 0 Å². The summed E-state index contributed by atoms with van der Waals surface area (Å²) in [5.41, 5.74) is 3.29. The van der Waals surface area contributed by atoms with Crippen molar-refractivity contribution < 1.29 is 9.26 Å². The van der Waals surface area contributed by atoms with Gasteiger partial charge in [0.2, 0.25) is 0 Å². The maximum atomic E-state index is 5.87. The first-order valence-electron chi connectivity index (χ1n) is 11.6. The highest BCUT2D eigenvalue weighted by Crippen LogP contribution is 2.16. The van der Waals surface area contributed by atoms with Crippen LogP contribution in [-0.2, 0) is 25.9 Å². The van der Waals surface area contributed by atoms with Crippen molar-refractivity contribution in [1.82, 2.24) is 20.7 Å². The quantitative estimate of drug-likeness (QED) is 0.373. The SMILES string of the molecule is CCNC(=NCc1ccc(OCCN(CC)CC)cc1)NCc1c(CC)noc1CC.